The molecule has 1 aliphatic heterocycles. The fourth-order valence-electron chi connectivity index (χ4n) is 4.81. The molecule has 1 atom stereocenters. The van der Waals surface area contributed by atoms with Crippen LogP contribution < -0.4 is 5.32 Å². The van der Waals surface area contributed by atoms with Gasteiger partial charge in [0, 0.05) is 32.1 Å². The van der Waals surface area contributed by atoms with Crippen molar-refractivity contribution >= 4 is 29.7 Å². The van der Waals surface area contributed by atoms with Gasteiger partial charge in [0.25, 0.3) is 0 Å². The normalized spacial score (nSPS) is 16.3. The minimum atomic E-state index is -0.875. The molecule has 2 aliphatic rings. The lowest BCUT2D eigenvalue weighted by molar-refractivity contribution is -0.139. The maximum Gasteiger partial charge on any atom is 0.407 e. The summed E-state index contributed by atoms with van der Waals surface area (Å²) in [6.07, 6.45) is 1.86. The van der Waals surface area contributed by atoms with Crippen molar-refractivity contribution in [3.05, 3.63) is 59.7 Å². The van der Waals surface area contributed by atoms with Crippen LogP contribution in [-0.2, 0) is 14.3 Å². The number of nitrogens with one attached hydrogen (secondary N) is 1. The number of thioether (sulfide) groups is 1. The molecule has 1 heterocycles. The third-order valence-corrected chi connectivity index (χ3v) is 7.23. The number of carbonyl (C=O) groups excluding carboxylic acids is 2. The van der Waals surface area contributed by atoms with Gasteiger partial charge in [-0.1, -0.05) is 48.5 Å². The van der Waals surface area contributed by atoms with Crippen LogP contribution in [0.25, 0.3) is 11.1 Å². The van der Waals surface area contributed by atoms with Crippen LogP contribution in [0.1, 0.15) is 23.5 Å². The molecule has 2 amide bonds. The van der Waals surface area contributed by atoms with E-state index in [-0.39, 0.29) is 25.0 Å². The van der Waals surface area contributed by atoms with Crippen LogP contribution in [0.3, 0.4) is 0 Å². The quantitative estimate of drug-likeness (QED) is 0.550. The second-order valence-electron chi connectivity index (χ2n) is 8.80. The molecule has 0 spiro atoms. The molecule has 0 radical (unpaired) electrons. The highest BCUT2D eigenvalue weighted by Gasteiger charge is 2.31. The second-order valence-corrected chi connectivity index (χ2v) is 9.78. The van der Waals surface area contributed by atoms with Crippen LogP contribution in [0.5, 0.6) is 0 Å². The fraction of sp³-hybridized carbons (Fsp3) is 0.423. The Labute approximate surface area is 209 Å². The van der Waals surface area contributed by atoms with Crippen molar-refractivity contribution in [1.82, 2.24) is 15.1 Å². The smallest absolute Gasteiger partial charge is 0.407 e. The SMILES string of the molecule is CSCC[C@@H](NC(=O)OCC1c2ccccc2-c2ccccc21)C(=O)N1CCN(CC(=O)O)CC1. The van der Waals surface area contributed by atoms with Crippen molar-refractivity contribution in [2.75, 3.05) is 51.3 Å². The van der Waals surface area contributed by atoms with E-state index in [4.69, 9.17) is 9.84 Å². The van der Waals surface area contributed by atoms with Crippen LogP contribution in [0, 0.1) is 0 Å². The lowest BCUT2D eigenvalue weighted by Gasteiger charge is -2.35. The van der Waals surface area contributed by atoms with E-state index in [1.54, 1.807) is 16.7 Å². The maximum absolute atomic E-state index is 13.2. The molecular weight excluding hydrogens is 466 g/mol. The van der Waals surface area contributed by atoms with Crippen LogP contribution >= 0.6 is 11.8 Å². The van der Waals surface area contributed by atoms with E-state index in [1.807, 2.05) is 35.4 Å². The molecule has 4 rings (SSSR count). The van der Waals surface area contributed by atoms with Gasteiger partial charge in [0.05, 0.1) is 6.54 Å². The zero-order valence-corrected chi connectivity index (χ0v) is 20.6. The first kappa shape index (κ1) is 25.1. The van der Waals surface area contributed by atoms with E-state index in [0.29, 0.717) is 32.6 Å². The van der Waals surface area contributed by atoms with Crippen molar-refractivity contribution < 1.29 is 24.2 Å². The van der Waals surface area contributed by atoms with Crippen LogP contribution in [0.15, 0.2) is 48.5 Å². The Kier molecular flexibility index (Phi) is 8.30. The van der Waals surface area contributed by atoms with Crippen molar-refractivity contribution in [2.45, 2.75) is 18.4 Å². The molecule has 2 aromatic rings. The number of carboxylic acid groups (broad SMARTS) is 1. The highest BCUT2D eigenvalue weighted by atomic mass is 32.2. The number of alkyl carbamates (subject to hydrolysis) is 1. The van der Waals surface area contributed by atoms with Gasteiger partial charge >= 0.3 is 12.1 Å². The Morgan fingerprint density at radius 1 is 1.03 bits per heavy atom. The van der Waals surface area contributed by atoms with E-state index in [0.717, 1.165) is 28.0 Å². The van der Waals surface area contributed by atoms with Crippen molar-refractivity contribution in [3.63, 3.8) is 0 Å². The number of nitrogens with zero attached hydrogens (tertiary/aromatic N) is 2. The number of carboxylic acids is 1. The minimum Gasteiger partial charge on any atom is -0.480 e. The molecule has 2 N–H and O–H groups in total. The first-order valence-corrected chi connectivity index (χ1v) is 13.2. The molecule has 2 aromatic carbocycles. The lowest BCUT2D eigenvalue weighted by Crippen LogP contribution is -2.55. The standard InChI is InChI=1S/C26H31N3O5S/c1-35-15-10-23(25(32)29-13-11-28(12-14-29)16-24(30)31)27-26(33)34-17-22-20-8-4-2-6-18(20)19-7-3-5-9-21(19)22/h2-9,22-23H,10-17H2,1H3,(H,27,33)(H,30,31)/t23-/m1/s1. The van der Waals surface area contributed by atoms with Gasteiger partial charge in [0.15, 0.2) is 0 Å². The minimum absolute atomic E-state index is 0.0318. The lowest BCUT2D eigenvalue weighted by atomic mass is 9.98. The average molecular weight is 498 g/mol. The number of rotatable bonds is 9. The maximum atomic E-state index is 13.2. The number of hydrogen-bond acceptors (Lipinski definition) is 6. The number of amides is 2. The first-order chi connectivity index (χ1) is 17.0. The summed E-state index contributed by atoms with van der Waals surface area (Å²) < 4.78 is 5.65. The van der Waals surface area contributed by atoms with Gasteiger partial charge in [-0.2, -0.15) is 11.8 Å². The van der Waals surface area contributed by atoms with Crippen LogP contribution in [-0.4, -0.2) is 90.3 Å². The van der Waals surface area contributed by atoms with Gasteiger partial charge in [-0.3, -0.25) is 14.5 Å². The number of benzene rings is 2. The van der Waals surface area contributed by atoms with Crippen LogP contribution in [0.4, 0.5) is 4.79 Å². The number of aliphatic carboxylic acids is 1. The van der Waals surface area contributed by atoms with E-state index in [2.05, 4.69) is 29.6 Å². The molecule has 9 heteroatoms. The van der Waals surface area contributed by atoms with Gasteiger partial charge in [0.1, 0.15) is 12.6 Å². The second kappa shape index (κ2) is 11.6. The number of ether oxygens (including phenoxy) is 1. The summed E-state index contributed by atoms with van der Waals surface area (Å²) in [5, 5.41) is 11.8. The van der Waals surface area contributed by atoms with Crippen molar-refractivity contribution in [1.29, 1.82) is 0 Å². The van der Waals surface area contributed by atoms with Gasteiger partial charge in [-0.15, -0.1) is 0 Å². The van der Waals surface area contributed by atoms with Gasteiger partial charge in [-0.25, -0.2) is 4.79 Å². The molecular formula is C26H31N3O5S. The molecule has 35 heavy (non-hydrogen) atoms. The number of fused-ring (bicyclic) bond motifs is 3. The Hall–Kier alpha value is -3.04. The monoisotopic (exact) mass is 497 g/mol. The number of carbonyl (C=O) groups is 3. The van der Waals surface area contributed by atoms with E-state index < -0.39 is 18.1 Å². The van der Waals surface area contributed by atoms with E-state index in [9.17, 15) is 14.4 Å². The molecule has 0 unspecified atom stereocenters. The topological polar surface area (TPSA) is 99.2 Å². The zero-order chi connectivity index (χ0) is 24.8. The number of hydrogen-bond donors (Lipinski definition) is 2. The summed E-state index contributed by atoms with van der Waals surface area (Å²) in [6, 6.07) is 15.6. The summed E-state index contributed by atoms with van der Waals surface area (Å²) in [5.41, 5.74) is 4.59. The molecule has 0 bridgehead atoms. The number of piperazine rings is 1. The van der Waals surface area contributed by atoms with Gasteiger partial charge in [0.2, 0.25) is 5.91 Å². The first-order valence-electron chi connectivity index (χ1n) is 11.8. The van der Waals surface area contributed by atoms with Gasteiger partial charge in [-0.05, 0) is 40.7 Å². The molecule has 1 aliphatic carbocycles. The Morgan fingerprint density at radius 3 is 2.20 bits per heavy atom. The summed E-state index contributed by atoms with van der Waals surface area (Å²) >= 11 is 1.61. The van der Waals surface area contributed by atoms with Crippen LogP contribution in [0.2, 0.25) is 0 Å². The van der Waals surface area contributed by atoms with Gasteiger partial charge < -0.3 is 20.1 Å². The molecule has 1 saturated heterocycles. The molecule has 186 valence electrons. The molecule has 8 nitrogen and oxygen atoms in total. The average Bonchev–Trinajstić information content (AvgIpc) is 3.18. The van der Waals surface area contributed by atoms with Crippen molar-refractivity contribution in [2.24, 2.45) is 0 Å². The summed E-state index contributed by atoms with van der Waals surface area (Å²) in [4.78, 5) is 40.4. The predicted octanol–water partition coefficient (Wildman–Crippen LogP) is 2.88. The zero-order valence-electron chi connectivity index (χ0n) is 19.8. The third kappa shape index (κ3) is 5.97. The molecule has 0 aromatic heterocycles. The van der Waals surface area contributed by atoms with E-state index in [1.165, 1.54) is 0 Å². The Morgan fingerprint density at radius 2 is 1.63 bits per heavy atom. The van der Waals surface area contributed by atoms with Crippen molar-refractivity contribution in [3.8, 4) is 11.1 Å². The highest BCUT2D eigenvalue weighted by molar-refractivity contribution is 7.98. The summed E-state index contributed by atoms with van der Waals surface area (Å²) in [7, 11) is 0. The largest absolute Gasteiger partial charge is 0.480 e. The summed E-state index contributed by atoms with van der Waals surface area (Å²) in [6.45, 7) is 2.03. The Bertz CT molecular complexity index is 1020. The third-order valence-electron chi connectivity index (χ3n) is 6.59. The summed E-state index contributed by atoms with van der Waals surface area (Å²) in [5.74, 6) is -0.350. The molecule has 0 saturated carbocycles. The Balaban J connectivity index is 1.36. The van der Waals surface area contributed by atoms with E-state index >= 15 is 0 Å². The fourth-order valence-corrected chi connectivity index (χ4v) is 5.28. The molecule has 1 fully saturated rings. The predicted molar refractivity (Wildman–Crippen MR) is 136 cm³/mol. The highest BCUT2D eigenvalue weighted by Crippen LogP contribution is 2.44.